The Morgan fingerprint density at radius 1 is 1.35 bits per heavy atom. The summed E-state index contributed by atoms with van der Waals surface area (Å²) in [5.74, 6) is 0.332. The lowest BCUT2D eigenvalue weighted by Gasteiger charge is -2.31. The molecule has 10 heteroatoms. The van der Waals surface area contributed by atoms with Crippen LogP contribution in [-0.4, -0.2) is 50.4 Å². The second-order valence-corrected chi connectivity index (χ2v) is 7.02. The van der Waals surface area contributed by atoms with Gasteiger partial charge in [-0.15, -0.1) is 5.10 Å². The molecule has 1 fully saturated rings. The Kier molecular flexibility index (Phi) is 3.81. The van der Waals surface area contributed by atoms with Crippen molar-refractivity contribution in [2.45, 2.75) is 38.2 Å². The van der Waals surface area contributed by atoms with Crippen LogP contribution < -0.4 is 4.74 Å². The fourth-order valence-electron chi connectivity index (χ4n) is 3.21. The van der Waals surface area contributed by atoms with Gasteiger partial charge in [-0.1, -0.05) is 0 Å². The monoisotopic (exact) mass is 372 g/mol. The van der Waals surface area contributed by atoms with Gasteiger partial charge in [-0.05, 0) is 13.8 Å². The third-order valence-corrected chi connectivity index (χ3v) is 4.86. The van der Waals surface area contributed by atoms with Crippen LogP contribution in [-0.2, 0) is 16.9 Å². The van der Waals surface area contributed by atoms with Gasteiger partial charge < -0.3 is 19.1 Å². The van der Waals surface area contributed by atoms with Crippen LogP contribution in [0, 0.1) is 5.92 Å². The number of nitrogens with zero attached hydrogens (tertiary/aromatic N) is 4. The molecule has 0 bridgehead atoms. The van der Waals surface area contributed by atoms with Gasteiger partial charge in [0.25, 0.3) is 0 Å². The first kappa shape index (κ1) is 17.3. The third kappa shape index (κ3) is 2.59. The van der Waals surface area contributed by atoms with Crippen molar-refractivity contribution in [3.8, 4) is 17.3 Å². The first-order valence-corrected chi connectivity index (χ1v) is 8.34. The summed E-state index contributed by atoms with van der Waals surface area (Å²) in [6, 6.07) is 1.34. The highest BCUT2D eigenvalue weighted by Crippen LogP contribution is 2.42. The van der Waals surface area contributed by atoms with Gasteiger partial charge in [0.1, 0.15) is 0 Å². The summed E-state index contributed by atoms with van der Waals surface area (Å²) >= 11 is 0. The first-order valence-electron chi connectivity index (χ1n) is 8.34. The minimum Gasteiger partial charge on any atom is -0.476 e. The highest BCUT2D eigenvalue weighted by atomic mass is 19.4. The van der Waals surface area contributed by atoms with Gasteiger partial charge in [-0.25, -0.2) is 4.98 Å². The average molecular weight is 372 g/mol. The predicted octanol–water partition coefficient (Wildman–Crippen LogP) is 2.12. The van der Waals surface area contributed by atoms with E-state index in [0.717, 1.165) is 6.92 Å². The molecule has 142 valence electrons. The molecule has 2 atom stereocenters. The molecule has 4 heterocycles. The largest absolute Gasteiger partial charge is 0.476 e. The van der Waals surface area contributed by atoms with Crippen LogP contribution in [0.5, 0.6) is 5.88 Å². The van der Waals surface area contributed by atoms with E-state index in [9.17, 15) is 18.3 Å². The molecule has 26 heavy (non-hydrogen) atoms. The molecule has 1 N–H and O–H groups in total. The highest BCUT2D eigenvalue weighted by molar-refractivity contribution is 5.58. The number of hydrogen-bond acceptors (Lipinski definition) is 5. The number of aliphatic hydroxyl groups is 1. The number of halogens is 3. The van der Waals surface area contributed by atoms with Crippen molar-refractivity contribution in [1.82, 2.24) is 19.3 Å². The van der Waals surface area contributed by atoms with E-state index in [4.69, 9.17) is 9.47 Å². The van der Waals surface area contributed by atoms with Crippen molar-refractivity contribution in [2.75, 3.05) is 19.8 Å². The molecule has 2 aromatic rings. The predicted molar refractivity (Wildman–Crippen MR) is 83.6 cm³/mol. The molecular weight excluding hydrogens is 353 g/mol. The molecule has 2 aromatic heterocycles. The summed E-state index contributed by atoms with van der Waals surface area (Å²) in [7, 11) is 0. The summed E-state index contributed by atoms with van der Waals surface area (Å²) in [6.45, 7) is 4.64. The Morgan fingerprint density at radius 3 is 2.69 bits per heavy atom. The van der Waals surface area contributed by atoms with Gasteiger partial charge in [0.05, 0.1) is 50.0 Å². The van der Waals surface area contributed by atoms with E-state index in [0.29, 0.717) is 49.6 Å². The Morgan fingerprint density at radius 2 is 2.08 bits per heavy atom. The summed E-state index contributed by atoms with van der Waals surface area (Å²) in [4.78, 5) is 3.89. The Hall–Kier alpha value is -2.07. The van der Waals surface area contributed by atoms with Crippen LogP contribution in [0.4, 0.5) is 13.2 Å². The highest BCUT2D eigenvalue weighted by Gasteiger charge is 2.55. The zero-order chi connectivity index (χ0) is 18.7. The van der Waals surface area contributed by atoms with Gasteiger partial charge in [-0.2, -0.15) is 13.2 Å². The molecule has 1 unspecified atom stereocenters. The van der Waals surface area contributed by atoms with E-state index in [-0.39, 0.29) is 6.04 Å². The molecule has 2 aliphatic rings. The van der Waals surface area contributed by atoms with Crippen molar-refractivity contribution in [3.63, 3.8) is 0 Å². The topological polar surface area (TPSA) is 74.3 Å². The van der Waals surface area contributed by atoms with Crippen molar-refractivity contribution in [3.05, 3.63) is 18.1 Å². The van der Waals surface area contributed by atoms with Gasteiger partial charge >= 0.3 is 6.18 Å². The molecule has 0 spiro atoms. The smallest absolute Gasteiger partial charge is 0.424 e. The van der Waals surface area contributed by atoms with Crippen LogP contribution in [0.1, 0.15) is 25.7 Å². The van der Waals surface area contributed by atoms with E-state index in [1.54, 1.807) is 17.7 Å². The number of hydrogen-bond donors (Lipinski definition) is 1. The third-order valence-electron chi connectivity index (χ3n) is 4.86. The lowest BCUT2D eigenvalue weighted by atomic mass is 10.0. The lowest BCUT2D eigenvalue weighted by Crippen LogP contribution is -2.42. The molecule has 0 radical (unpaired) electrons. The minimum absolute atomic E-state index is 0.340. The van der Waals surface area contributed by atoms with Crippen LogP contribution in [0.15, 0.2) is 12.3 Å². The summed E-state index contributed by atoms with van der Waals surface area (Å²) in [5.41, 5.74) is -1.96. The average Bonchev–Trinajstić information content (AvgIpc) is 3.08. The molecule has 0 aromatic carbocycles. The zero-order valence-electron chi connectivity index (χ0n) is 14.3. The quantitative estimate of drug-likeness (QED) is 0.890. The van der Waals surface area contributed by atoms with Crippen LogP contribution in [0.2, 0.25) is 0 Å². The summed E-state index contributed by atoms with van der Waals surface area (Å²) < 4.78 is 53.7. The van der Waals surface area contributed by atoms with E-state index >= 15 is 0 Å². The molecule has 7 nitrogen and oxygen atoms in total. The van der Waals surface area contributed by atoms with E-state index in [1.165, 1.54) is 10.8 Å². The maximum atomic E-state index is 13.3. The van der Waals surface area contributed by atoms with Crippen LogP contribution in [0.3, 0.4) is 0 Å². The van der Waals surface area contributed by atoms with Crippen LogP contribution >= 0.6 is 0 Å². The minimum atomic E-state index is -4.83. The van der Waals surface area contributed by atoms with E-state index in [2.05, 4.69) is 10.1 Å². The molecule has 2 aliphatic heterocycles. The maximum absolute atomic E-state index is 13.3. The number of imidazole rings is 1. The van der Waals surface area contributed by atoms with Crippen LogP contribution in [0.25, 0.3) is 11.4 Å². The number of alkyl halides is 3. The molecule has 0 amide bonds. The molecule has 0 aliphatic carbocycles. The standard InChI is InChI=1S/C16H19F3N4O3/c1-9-5-22-11(3-13(21-22)26-8-10-6-25-7-10)12-4-20-14(23(9)12)15(2,24)16(17,18)19/h3-4,9-10,24H,5-8H2,1-2H3/t9-,15?/m0/s1. The fourth-order valence-corrected chi connectivity index (χ4v) is 3.21. The van der Waals surface area contributed by atoms with Gasteiger partial charge in [-0.3, -0.25) is 4.68 Å². The Balaban J connectivity index is 1.68. The van der Waals surface area contributed by atoms with Crippen molar-refractivity contribution < 1.29 is 27.8 Å². The maximum Gasteiger partial charge on any atom is 0.424 e. The summed E-state index contributed by atoms with van der Waals surface area (Å²) in [6.07, 6.45) is -3.49. The van der Waals surface area contributed by atoms with Gasteiger partial charge in [0, 0.05) is 12.0 Å². The summed E-state index contributed by atoms with van der Waals surface area (Å²) in [5, 5.41) is 14.4. The van der Waals surface area contributed by atoms with Crippen molar-refractivity contribution in [2.24, 2.45) is 5.92 Å². The lowest BCUT2D eigenvalue weighted by molar-refractivity contribution is -0.262. The van der Waals surface area contributed by atoms with E-state index < -0.39 is 17.6 Å². The Bertz CT molecular complexity index is 823. The SMILES string of the molecule is C[C@H]1Cn2nc(OCC3COC3)cc2-c2cnc(C(C)(O)C(F)(F)F)n21. The second-order valence-electron chi connectivity index (χ2n) is 7.02. The number of ether oxygens (including phenoxy) is 2. The number of fused-ring (bicyclic) bond motifs is 3. The molecule has 4 rings (SSSR count). The second kappa shape index (κ2) is 5.71. The molecule has 1 saturated heterocycles. The fraction of sp³-hybridized carbons (Fsp3) is 0.625. The zero-order valence-corrected chi connectivity index (χ0v) is 14.3. The van der Waals surface area contributed by atoms with E-state index in [1.807, 2.05) is 0 Å². The Labute approximate surface area is 147 Å². The number of aromatic nitrogens is 4. The number of rotatable bonds is 4. The first-order chi connectivity index (χ1) is 12.2. The van der Waals surface area contributed by atoms with Crippen molar-refractivity contribution in [1.29, 1.82) is 0 Å². The van der Waals surface area contributed by atoms with Crippen molar-refractivity contribution >= 4 is 0 Å². The molecular formula is C16H19F3N4O3. The molecule has 0 saturated carbocycles. The normalized spacial score (nSPS) is 22.3. The van der Waals surface area contributed by atoms with Gasteiger partial charge in [0.2, 0.25) is 11.5 Å². The van der Waals surface area contributed by atoms with Gasteiger partial charge in [0.15, 0.2) is 5.82 Å².